The van der Waals surface area contributed by atoms with Crippen molar-refractivity contribution in [3.8, 4) is 5.75 Å². The van der Waals surface area contributed by atoms with Crippen LogP contribution >= 0.6 is 0 Å². The number of carbonyl (C=O) groups is 3. The Morgan fingerprint density at radius 2 is 1.78 bits per heavy atom. The Bertz CT molecular complexity index is 1250. The molecule has 2 saturated carbocycles. The molecule has 2 aromatic carbocycles. The van der Waals surface area contributed by atoms with Gasteiger partial charge in [-0.2, -0.15) is 0 Å². The van der Waals surface area contributed by atoms with Gasteiger partial charge in [-0.15, -0.1) is 13.2 Å². The molecule has 1 heterocycles. The fraction of sp³-hybridized carbons (Fsp3) is 0.423. The number of fused-ring (bicyclic) bond motifs is 2. The van der Waals surface area contributed by atoms with Crippen LogP contribution in [0.2, 0.25) is 0 Å². The average Bonchev–Trinajstić information content (AvgIpc) is 3.63. The highest BCUT2D eigenvalue weighted by molar-refractivity contribution is 6.07. The van der Waals surface area contributed by atoms with E-state index in [9.17, 15) is 31.9 Å². The molecule has 2 fully saturated rings. The Morgan fingerprint density at radius 3 is 2.41 bits per heavy atom. The quantitative estimate of drug-likeness (QED) is 0.516. The number of benzene rings is 2. The minimum absolute atomic E-state index is 0.0160. The summed E-state index contributed by atoms with van der Waals surface area (Å²) in [4.78, 5) is 41.0. The molecule has 2 aliphatic carbocycles. The van der Waals surface area contributed by atoms with Crippen molar-refractivity contribution in [2.24, 2.45) is 5.92 Å². The van der Waals surface area contributed by atoms with Gasteiger partial charge in [-0.3, -0.25) is 14.4 Å². The van der Waals surface area contributed by atoms with Gasteiger partial charge in [-0.1, -0.05) is 6.07 Å². The third kappa shape index (κ3) is 4.99. The van der Waals surface area contributed by atoms with Gasteiger partial charge in [0.2, 0.25) is 5.91 Å². The standard InChI is InChI=1S/C26H24F4N2O5/c27-15-4-8-21-19(13-15)24(31(16-5-6-16)22(33)10-11-23(34)35)18-7-9-20(18)32(21)25(36)14-2-1-3-17(12-14)37-26(28,29)30/h1-4,8,12-13,16,18,20,24H,5-7,9-11H2,(H,34,35). The SMILES string of the molecule is O=C(O)CCC(=O)N(C1CC1)C1c2cc(F)ccc2N(C(=O)c2cccc(OC(F)(F)F)c2)C2CCC21. The van der Waals surface area contributed by atoms with Gasteiger partial charge in [-0.05, 0) is 62.1 Å². The summed E-state index contributed by atoms with van der Waals surface area (Å²) in [6.45, 7) is 0. The summed E-state index contributed by atoms with van der Waals surface area (Å²) in [7, 11) is 0. The number of carboxylic acid groups (broad SMARTS) is 1. The minimum atomic E-state index is -4.91. The van der Waals surface area contributed by atoms with E-state index in [0.29, 0.717) is 24.1 Å². The number of anilines is 1. The van der Waals surface area contributed by atoms with E-state index in [0.717, 1.165) is 25.0 Å². The lowest BCUT2D eigenvalue weighted by Gasteiger charge is -2.55. The molecule has 0 spiro atoms. The second-order valence-corrected chi connectivity index (χ2v) is 9.63. The van der Waals surface area contributed by atoms with E-state index in [4.69, 9.17) is 5.11 Å². The maximum absolute atomic E-state index is 14.5. The molecule has 3 unspecified atom stereocenters. The maximum atomic E-state index is 14.5. The predicted molar refractivity (Wildman–Crippen MR) is 122 cm³/mol. The summed E-state index contributed by atoms with van der Waals surface area (Å²) in [5, 5.41) is 9.06. The number of hydrogen-bond acceptors (Lipinski definition) is 4. The van der Waals surface area contributed by atoms with Crippen molar-refractivity contribution in [1.82, 2.24) is 4.90 Å². The van der Waals surface area contributed by atoms with Gasteiger partial charge >= 0.3 is 12.3 Å². The fourth-order valence-electron chi connectivity index (χ4n) is 5.45. The van der Waals surface area contributed by atoms with Crippen molar-refractivity contribution in [2.45, 2.75) is 63.0 Å². The number of carbonyl (C=O) groups excluding carboxylic acids is 2. The molecule has 196 valence electrons. The number of carboxylic acids is 1. The van der Waals surface area contributed by atoms with Crippen LogP contribution in [-0.2, 0) is 9.59 Å². The molecule has 37 heavy (non-hydrogen) atoms. The Labute approximate surface area is 209 Å². The predicted octanol–water partition coefficient (Wildman–Crippen LogP) is 5.06. The Balaban J connectivity index is 1.52. The van der Waals surface area contributed by atoms with Crippen LogP contribution in [0.5, 0.6) is 5.75 Å². The average molecular weight is 520 g/mol. The van der Waals surface area contributed by atoms with Crippen molar-refractivity contribution >= 4 is 23.5 Å². The zero-order chi connectivity index (χ0) is 26.5. The van der Waals surface area contributed by atoms with E-state index >= 15 is 0 Å². The number of alkyl halides is 3. The Kier molecular flexibility index (Phi) is 6.33. The van der Waals surface area contributed by atoms with Gasteiger partial charge in [0.25, 0.3) is 5.91 Å². The summed E-state index contributed by atoms with van der Waals surface area (Å²) in [5.74, 6) is -3.27. The van der Waals surface area contributed by atoms with Gasteiger partial charge < -0.3 is 19.6 Å². The number of nitrogens with zero attached hydrogens (tertiary/aromatic N) is 2. The van der Waals surface area contributed by atoms with Crippen molar-refractivity contribution in [3.63, 3.8) is 0 Å². The van der Waals surface area contributed by atoms with Crippen LogP contribution in [0.3, 0.4) is 0 Å². The van der Waals surface area contributed by atoms with Gasteiger partial charge in [0.15, 0.2) is 0 Å². The van der Waals surface area contributed by atoms with Crippen LogP contribution in [0.15, 0.2) is 42.5 Å². The van der Waals surface area contributed by atoms with E-state index in [1.807, 2.05) is 0 Å². The molecular weight excluding hydrogens is 496 g/mol. The van der Waals surface area contributed by atoms with E-state index in [1.54, 1.807) is 4.90 Å². The van der Waals surface area contributed by atoms with Crippen LogP contribution in [0.25, 0.3) is 0 Å². The number of amides is 2. The zero-order valence-corrected chi connectivity index (χ0v) is 19.6. The number of rotatable bonds is 7. The summed E-state index contributed by atoms with van der Waals surface area (Å²) >= 11 is 0. The summed E-state index contributed by atoms with van der Waals surface area (Å²) in [5.41, 5.74) is 0.807. The van der Waals surface area contributed by atoms with Crippen molar-refractivity contribution in [3.05, 3.63) is 59.4 Å². The largest absolute Gasteiger partial charge is 0.573 e. The first-order chi connectivity index (χ1) is 17.5. The highest BCUT2D eigenvalue weighted by Crippen LogP contribution is 2.54. The highest BCUT2D eigenvalue weighted by Gasteiger charge is 2.53. The van der Waals surface area contributed by atoms with Gasteiger partial charge in [0.1, 0.15) is 11.6 Å². The highest BCUT2D eigenvalue weighted by atomic mass is 19.4. The van der Waals surface area contributed by atoms with E-state index in [2.05, 4.69) is 4.74 Å². The Hall–Kier alpha value is -3.63. The van der Waals surface area contributed by atoms with E-state index < -0.39 is 35.8 Å². The molecular formula is C26H24F4N2O5. The van der Waals surface area contributed by atoms with Crippen LogP contribution < -0.4 is 9.64 Å². The number of hydrogen-bond donors (Lipinski definition) is 1. The molecule has 3 aliphatic rings. The molecule has 5 rings (SSSR count). The van der Waals surface area contributed by atoms with Crippen molar-refractivity contribution < 1.29 is 41.8 Å². The molecule has 1 N–H and O–H groups in total. The second-order valence-electron chi connectivity index (χ2n) is 9.63. The lowest BCUT2D eigenvalue weighted by Crippen LogP contribution is -2.59. The first-order valence-electron chi connectivity index (χ1n) is 12.1. The van der Waals surface area contributed by atoms with Crippen molar-refractivity contribution in [1.29, 1.82) is 0 Å². The number of halogens is 4. The maximum Gasteiger partial charge on any atom is 0.573 e. The fourth-order valence-corrected chi connectivity index (χ4v) is 5.45. The molecule has 2 amide bonds. The molecule has 11 heteroatoms. The summed E-state index contributed by atoms with van der Waals surface area (Å²) in [6, 6.07) is 7.78. The second kappa shape index (κ2) is 9.35. The minimum Gasteiger partial charge on any atom is -0.481 e. The number of ether oxygens (including phenoxy) is 1. The molecule has 0 saturated heterocycles. The lowest BCUT2D eigenvalue weighted by atomic mass is 9.67. The molecule has 7 nitrogen and oxygen atoms in total. The first kappa shape index (κ1) is 25.0. The van der Waals surface area contributed by atoms with Crippen LogP contribution in [0, 0.1) is 11.7 Å². The molecule has 0 aromatic heterocycles. The smallest absolute Gasteiger partial charge is 0.481 e. The van der Waals surface area contributed by atoms with Crippen LogP contribution in [-0.4, -0.2) is 46.2 Å². The van der Waals surface area contributed by atoms with Crippen LogP contribution in [0.1, 0.15) is 60.5 Å². The van der Waals surface area contributed by atoms with Crippen LogP contribution in [0.4, 0.5) is 23.2 Å². The molecule has 1 aliphatic heterocycles. The summed E-state index contributed by atoms with van der Waals surface area (Å²) in [6.07, 6.45) is -2.65. The third-order valence-electron chi connectivity index (χ3n) is 7.21. The number of aliphatic carboxylic acids is 1. The normalized spacial score (nSPS) is 22.4. The molecule has 0 radical (unpaired) electrons. The lowest BCUT2D eigenvalue weighted by molar-refractivity contribution is -0.274. The molecule has 0 bridgehead atoms. The monoisotopic (exact) mass is 520 g/mol. The topological polar surface area (TPSA) is 87.2 Å². The first-order valence-corrected chi connectivity index (χ1v) is 12.1. The van der Waals surface area contributed by atoms with Gasteiger partial charge in [0.05, 0.1) is 12.5 Å². The van der Waals surface area contributed by atoms with E-state index in [1.165, 1.54) is 35.2 Å². The van der Waals surface area contributed by atoms with E-state index in [-0.39, 0.29) is 42.3 Å². The molecule has 2 aromatic rings. The Morgan fingerprint density at radius 1 is 1.03 bits per heavy atom. The van der Waals surface area contributed by atoms with Gasteiger partial charge in [0, 0.05) is 41.2 Å². The third-order valence-corrected chi connectivity index (χ3v) is 7.21. The van der Waals surface area contributed by atoms with Gasteiger partial charge in [-0.25, -0.2) is 4.39 Å². The zero-order valence-electron chi connectivity index (χ0n) is 19.6. The molecule has 3 atom stereocenters. The summed E-state index contributed by atoms with van der Waals surface area (Å²) < 4.78 is 56.6. The van der Waals surface area contributed by atoms with Crippen molar-refractivity contribution in [2.75, 3.05) is 4.90 Å².